The third-order valence-corrected chi connectivity index (χ3v) is 7.42. The highest BCUT2D eigenvalue weighted by Gasteiger charge is 2.23. The van der Waals surface area contributed by atoms with E-state index >= 15 is 0 Å². The van der Waals surface area contributed by atoms with Gasteiger partial charge in [0.2, 0.25) is 0 Å². The fourth-order valence-electron chi connectivity index (χ4n) is 2.86. The van der Waals surface area contributed by atoms with Gasteiger partial charge in [-0.05, 0) is 50.5 Å². The molecule has 0 saturated carbocycles. The van der Waals surface area contributed by atoms with Crippen LogP contribution in [0.25, 0.3) is 10.2 Å². The van der Waals surface area contributed by atoms with Crippen molar-refractivity contribution in [1.29, 1.82) is 0 Å². The first-order valence-corrected chi connectivity index (χ1v) is 12.0. The van der Waals surface area contributed by atoms with E-state index in [1.165, 1.54) is 23.5 Å². The number of benzene rings is 2. The number of amides is 1. The summed E-state index contributed by atoms with van der Waals surface area (Å²) in [7, 11) is 2.06. The molecule has 1 aromatic heterocycles. The number of rotatable bonds is 8. The van der Waals surface area contributed by atoms with Crippen molar-refractivity contribution in [2.24, 2.45) is 0 Å². The SMILES string of the molecule is CCS(=O)(=O)c1cccc(C(=O)N(CCN(C)C)c2nc3ccc(OC)cc3s2)c1. The van der Waals surface area contributed by atoms with E-state index in [0.29, 0.717) is 23.8 Å². The first-order valence-electron chi connectivity index (χ1n) is 9.49. The van der Waals surface area contributed by atoms with Gasteiger partial charge in [0.05, 0.1) is 28.0 Å². The van der Waals surface area contributed by atoms with Crippen LogP contribution in [0.1, 0.15) is 17.3 Å². The summed E-state index contributed by atoms with van der Waals surface area (Å²) < 4.78 is 30.7. The van der Waals surface area contributed by atoms with Gasteiger partial charge in [-0.25, -0.2) is 13.4 Å². The summed E-state index contributed by atoms with van der Waals surface area (Å²) in [5, 5.41) is 0.564. The van der Waals surface area contributed by atoms with Gasteiger partial charge >= 0.3 is 0 Å². The Morgan fingerprint density at radius 2 is 1.90 bits per heavy atom. The number of thiazole rings is 1. The molecule has 0 N–H and O–H groups in total. The van der Waals surface area contributed by atoms with Gasteiger partial charge in [-0.2, -0.15) is 0 Å². The van der Waals surface area contributed by atoms with E-state index in [0.717, 1.165) is 16.0 Å². The molecule has 160 valence electrons. The maximum atomic E-state index is 13.4. The summed E-state index contributed by atoms with van der Waals surface area (Å²) in [5.41, 5.74) is 1.10. The minimum Gasteiger partial charge on any atom is -0.497 e. The lowest BCUT2D eigenvalue weighted by Gasteiger charge is -2.22. The predicted octanol–water partition coefficient (Wildman–Crippen LogP) is 3.31. The number of sulfone groups is 1. The van der Waals surface area contributed by atoms with Gasteiger partial charge in [0.15, 0.2) is 15.0 Å². The maximum absolute atomic E-state index is 13.4. The molecule has 0 radical (unpaired) electrons. The third-order valence-electron chi connectivity index (χ3n) is 4.65. The molecule has 0 unspecified atom stereocenters. The number of carbonyl (C=O) groups is 1. The normalized spacial score (nSPS) is 11.8. The average molecular weight is 448 g/mol. The Labute approximate surface area is 180 Å². The predicted molar refractivity (Wildman–Crippen MR) is 121 cm³/mol. The highest BCUT2D eigenvalue weighted by molar-refractivity contribution is 7.91. The summed E-state index contributed by atoms with van der Waals surface area (Å²) in [6, 6.07) is 11.8. The van der Waals surface area contributed by atoms with Gasteiger partial charge in [0, 0.05) is 18.7 Å². The van der Waals surface area contributed by atoms with Crippen molar-refractivity contribution in [3.63, 3.8) is 0 Å². The second kappa shape index (κ2) is 9.11. The smallest absolute Gasteiger partial charge is 0.260 e. The molecule has 3 aromatic rings. The Morgan fingerprint density at radius 1 is 1.13 bits per heavy atom. The van der Waals surface area contributed by atoms with Gasteiger partial charge in [-0.3, -0.25) is 9.69 Å². The van der Waals surface area contributed by atoms with E-state index in [-0.39, 0.29) is 16.6 Å². The minimum absolute atomic E-state index is 0.0192. The molecule has 0 aliphatic carbocycles. The zero-order valence-corrected chi connectivity index (χ0v) is 19.1. The lowest BCUT2D eigenvalue weighted by atomic mass is 10.2. The number of hydrogen-bond acceptors (Lipinski definition) is 7. The number of likely N-dealkylation sites (N-methyl/N-ethyl adjacent to an activating group) is 1. The van der Waals surface area contributed by atoms with Gasteiger partial charge in [-0.15, -0.1) is 0 Å². The van der Waals surface area contributed by atoms with E-state index in [2.05, 4.69) is 4.98 Å². The molecule has 9 heteroatoms. The van der Waals surface area contributed by atoms with Crippen molar-refractivity contribution < 1.29 is 17.9 Å². The van der Waals surface area contributed by atoms with Gasteiger partial charge in [0.1, 0.15) is 5.75 Å². The summed E-state index contributed by atoms with van der Waals surface area (Å²) in [6.07, 6.45) is 0. The molecular formula is C21H25N3O4S2. The van der Waals surface area contributed by atoms with Crippen molar-refractivity contribution >= 4 is 42.4 Å². The molecule has 0 aliphatic rings. The molecule has 0 atom stereocenters. The fourth-order valence-corrected chi connectivity index (χ4v) is 4.81. The molecular weight excluding hydrogens is 422 g/mol. The number of anilines is 1. The molecule has 1 amide bonds. The van der Waals surface area contributed by atoms with E-state index in [4.69, 9.17) is 4.74 Å². The highest BCUT2D eigenvalue weighted by atomic mass is 32.2. The first-order chi connectivity index (χ1) is 14.2. The number of nitrogens with zero attached hydrogens (tertiary/aromatic N) is 3. The molecule has 30 heavy (non-hydrogen) atoms. The van der Waals surface area contributed by atoms with Crippen molar-refractivity contribution in [3.05, 3.63) is 48.0 Å². The Hall–Kier alpha value is -2.49. The molecule has 0 bridgehead atoms. The Balaban J connectivity index is 2.02. The van der Waals surface area contributed by atoms with Crippen LogP contribution in [0.2, 0.25) is 0 Å². The van der Waals surface area contributed by atoms with E-state index in [9.17, 15) is 13.2 Å². The Kier molecular flexibility index (Phi) is 6.74. The number of ether oxygens (including phenoxy) is 1. The van der Waals surface area contributed by atoms with Crippen LogP contribution in [0.5, 0.6) is 5.75 Å². The molecule has 2 aromatic carbocycles. The largest absolute Gasteiger partial charge is 0.497 e. The number of fused-ring (bicyclic) bond motifs is 1. The zero-order valence-electron chi connectivity index (χ0n) is 17.5. The molecule has 0 fully saturated rings. The molecule has 0 aliphatic heterocycles. The van der Waals surface area contributed by atoms with Crippen molar-refractivity contribution in [2.45, 2.75) is 11.8 Å². The van der Waals surface area contributed by atoms with Crippen molar-refractivity contribution in [1.82, 2.24) is 9.88 Å². The van der Waals surface area contributed by atoms with Crippen LogP contribution in [-0.2, 0) is 9.84 Å². The fraction of sp³-hybridized carbons (Fsp3) is 0.333. The highest BCUT2D eigenvalue weighted by Crippen LogP contribution is 2.32. The number of carbonyl (C=O) groups excluding carboxylic acids is 1. The van der Waals surface area contributed by atoms with Gasteiger partial charge < -0.3 is 9.64 Å². The zero-order chi connectivity index (χ0) is 21.9. The number of methoxy groups -OCH3 is 1. The minimum atomic E-state index is -3.40. The lowest BCUT2D eigenvalue weighted by molar-refractivity contribution is 0.0985. The monoisotopic (exact) mass is 447 g/mol. The molecule has 3 rings (SSSR count). The Bertz CT molecular complexity index is 1160. The first kappa shape index (κ1) is 22.2. The standard InChI is InChI=1S/C21H25N3O4S2/c1-5-30(26,27)17-8-6-7-15(13-17)20(25)24(12-11-23(2)3)21-22-18-10-9-16(28-4)14-19(18)29-21/h6-10,13-14H,5,11-12H2,1-4H3. The van der Waals surface area contributed by atoms with Crippen LogP contribution in [-0.4, -0.2) is 64.3 Å². The number of aromatic nitrogens is 1. The van der Waals surface area contributed by atoms with E-state index in [1.807, 2.05) is 37.2 Å². The summed E-state index contributed by atoms with van der Waals surface area (Å²) >= 11 is 1.40. The lowest BCUT2D eigenvalue weighted by Crippen LogP contribution is -2.36. The van der Waals surface area contributed by atoms with Gasteiger partial charge in [0.25, 0.3) is 5.91 Å². The number of hydrogen-bond donors (Lipinski definition) is 0. The third kappa shape index (κ3) is 4.80. The van der Waals surface area contributed by atoms with Gasteiger partial charge in [-0.1, -0.05) is 24.3 Å². The molecule has 0 spiro atoms. The summed E-state index contributed by atoms with van der Waals surface area (Å²) in [4.78, 5) is 21.7. The van der Waals surface area contributed by atoms with Crippen LogP contribution in [0.15, 0.2) is 47.4 Å². The van der Waals surface area contributed by atoms with Crippen LogP contribution in [0.3, 0.4) is 0 Å². The van der Waals surface area contributed by atoms with Crippen LogP contribution in [0, 0.1) is 0 Å². The maximum Gasteiger partial charge on any atom is 0.260 e. The van der Waals surface area contributed by atoms with E-state index < -0.39 is 9.84 Å². The second-order valence-electron chi connectivity index (χ2n) is 7.02. The molecule has 1 heterocycles. The average Bonchev–Trinajstić information content (AvgIpc) is 3.16. The van der Waals surface area contributed by atoms with E-state index in [1.54, 1.807) is 31.1 Å². The van der Waals surface area contributed by atoms with Crippen LogP contribution < -0.4 is 9.64 Å². The van der Waals surface area contributed by atoms with Crippen LogP contribution >= 0.6 is 11.3 Å². The van der Waals surface area contributed by atoms with Crippen molar-refractivity contribution in [3.8, 4) is 5.75 Å². The topological polar surface area (TPSA) is 79.8 Å². The second-order valence-corrected chi connectivity index (χ2v) is 10.3. The summed E-state index contributed by atoms with van der Waals surface area (Å²) in [6.45, 7) is 2.65. The van der Waals surface area contributed by atoms with Crippen LogP contribution in [0.4, 0.5) is 5.13 Å². The quantitative estimate of drug-likeness (QED) is 0.527. The molecule has 0 saturated heterocycles. The van der Waals surface area contributed by atoms with Crippen molar-refractivity contribution in [2.75, 3.05) is 44.9 Å². The Morgan fingerprint density at radius 3 is 2.57 bits per heavy atom. The molecule has 7 nitrogen and oxygen atoms in total. The summed E-state index contributed by atoms with van der Waals surface area (Å²) in [5.74, 6) is 0.423.